The fourth-order valence-electron chi connectivity index (χ4n) is 2.38. The molecule has 0 saturated heterocycles. The van der Waals surface area contributed by atoms with E-state index >= 15 is 0 Å². The van der Waals surface area contributed by atoms with Gasteiger partial charge in [0.05, 0.1) is 0 Å². The maximum atomic E-state index is 12.6. The zero-order valence-corrected chi connectivity index (χ0v) is 16.2. The highest BCUT2D eigenvalue weighted by atomic mass is 16.6. The maximum absolute atomic E-state index is 12.6. The number of rotatable bonds is 5. The van der Waals surface area contributed by atoms with Crippen molar-refractivity contribution in [3.8, 4) is 0 Å². The van der Waals surface area contributed by atoms with Crippen LogP contribution in [0.25, 0.3) is 0 Å². The van der Waals surface area contributed by atoms with Crippen LogP contribution in [0.5, 0.6) is 0 Å². The lowest BCUT2D eigenvalue weighted by Crippen LogP contribution is -2.53. The van der Waals surface area contributed by atoms with E-state index in [9.17, 15) is 14.4 Å². The van der Waals surface area contributed by atoms with Crippen LogP contribution in [0, 0.1) is 0 Å². The standard InChI is InChI=1S/C21H25N3O4/c1-21(2,3)28-20(27)22-17(14-15-10-6-4-7-11-15)19(26)24-23-18(25)16-12-8-5-9-13-16/h4-13,17H,14H2,1-3H3,(H,22,27)(H,23,25)(H,24,26)/t17-/m0/s1. The smallest absolute Gasteiger partial charge is 0.408 e. The van der Waals surface area contributed by atoms with Gasteiger partial charge in [-0.15, -0.1) is 0 Å². The Bertz CT molecular complexity index is 801. The molecular weight excluding hydrogens is 358 g/mol. The number of alkyl carbamates (subject to hydrolysis) is 1. The van der Waals surface area contributed by atoms with Gasteiger partial charge in [0.2, 0.25) is 0 Å². The van der Waals surface area contributed by atoms with Crippen molar-refractivity contribution in [2.24, 2.45) is 0 Å². The zero-order valence-electron chi connectivity index (χ0n) is 16.2. The van der Waals surface area contributed by atoms with Crippen LogP contribution < -0.4 is 16.2 Å². The second kappa shape index (κ2) is 9.55. The minimum Gasteiger partial charge on any atom is -0.444 e. The van der Waals surface area contributed by atoms with Gasteiger partial charge in [-0.25, -0.2) is 4.79 Å². The van der Waals surface area contributed by atoms with Crippen LogP contribution in [0.4, 0.5) is 4.79 Å². The summed E-state index contributed by atoms with van der Waals surface area (Å²) in [6.45, 7) is 5.21. The van der Waals surface area contributed by atoms with Crippen LogP contribution in [0.1, 0.15) is 36.7 Å². The maximum Gasteiger partial charge on any atom is 0.408 e. The molecule has 0 aromatic heterocycles. The van der Waals surface area contributed by atoms with Gasteiger partial charge in [-0.3, -0.25) is 20.4 Å². The van der Waals surface area contributed by atoms with E-state index in [2.05, 4.69) is 16.2 Å². The fourth-order valence-corrected chi connectivity index (χ4v) is 2.38. The molecule has 2 rings (SSSR count). The first-order valence-electron chi connectivity index (χ1n) is 8.93. The third-order valence-electron chi connectivity index (χ3n) is 3.63. The number of benzene rings is 2. The molecule has 0 radical (unpaired) electrons. The zero-order chi connectivity index (χ0) is 20.6. The van der Waals surface area contributed by atoms with Crippen LogP contribution in [0.2, 0.25) is 0 Å². The first kappa shape index (κ1) is 21.0. The van der Waals surface area contributed by atoms with Crippen LogP contribution in [-0.2, 0) is 16.0 Å². The molecule has 28 heavy (non-hydrogen) atoms. The highest BCUT2D eigenvalue weighted by molar-refractivity contribution is 5.96. The second-order valence-corrected chi connectivity index (χ2v) is 7.20. The van der Waals surface area contributed by atoms with E-state index in [1.807, 2.05) is 30.3 Å². The van der Waals surface area contributed by atoms with Crippen molar-refractivity contribution in [2.75, 3.05) is 0 Å². The van der Waals surface area contributed by atoms with E-state index in [0.717, 1.165) is 5.56 Å². The molecule has 0 saturated carbocycles. The van der Waals surface area contributed by atoms with Gasteiger partial charge in [0.25, 0.3) is 11.8 Å². The summed E-state index contributed by atoms with van der Waals surface area (Å²) >= 11 is 0. The number of hydrogen-bond acceptors (Lipinski definition) is 4. The van der Waals surface area contributed by atoms with Crippen LogP contribution >= 0.6 is 0 Å². The van der Waals surface area contributed by atoms with Gasteiger partial charge in [-0.05, 0) is 38.5 Å². The molecule has 0 bridgehead atoms. The van der Waals surface area contributed by atoms with Gasteiger partial charge in [0.1, 0.15) is 11.6 Å². The number of hydrazine groups is 1. The predicted molar refractivity (Wildman–Crippen MR) is 105 cm³/mol. The molecule has 0 heterocycles. The SMILES string of the molecule is CC(C)(C)OC(=O)N[C@@H](Cc1ccccc1)C(=O)NNC(=O)c1ccccc1. The van der Waals surface area contributed by atoms with Crippen molar-refractivity contribution in [3.63, 3.8) is 0 Å². The van der Waals surface area contributed by atoms with E-state index in [0.29, 0.717) is 5.56 Å². The van der Waals surface area contributed by atoms with E-state index in [1.165, 1.54) is 0 Å². The first-order valence-corrected chi connectivity index (χ1v) is 8.93. The quantitative estimate of drug-likeness (QED) is 0.692. The molecule has 0 unspecified atom stereocenters. The molecule has 1 atom stereocenters. The third-order valence-corrected chi connectivity index (χ3v) is 3.63. The number of amides is 3. The summed E-state index contributed by atoms with van der Waals surface area (Å²) in [4.78, 5) is 36.8. The molecule has 3 amide bonds. The van der Waals surface area contributed by atoms with Crippen LogP contribution in [0.15, 0.2) is 60.7 Å². The minimum absolute atomic E-state index is 0.243. The van der Waals surface area contributed by atoms with Crippen molar-refractivity contribution in [1.82, 2.24) is 16.2 Å². The summed E-state index contributed by atoms with van der Waals surface area (Å²) in [6.07, 6.45) is -0.467. The molecule has 3 N–H and O–H groups in total. The van der Waals surface area contributed by atoms with Crippen LogP contribution in [0.3, 0.4) is 0 Å². The van der Waals surface area contributed by atoms with Crippen LogP contribution in [-0.4, -0.2) is 29.6 Å². The Morgan fingerprint density at radius 3 is 2.04 bits per heavy atom. The van der Waals surface area contributed by atoms with Gasteiger partial charge in [-0.1, -0.05) is 48.5 Å². The monoisotopic (exact) mass is 383 g/mol. The summed E-state index contributed by atoms with van der Waals surface area (Å²) in [5.74, 6) is -1.01. The third kappa shape index (κ3) is 7.11. The molecule has 2 aromatic carbocycles. The molecule has 0 aliphatic heterocycles. The Hall–Kier alpha value is -3.35. The predicted octanol–water partition coefficient (Wildman–Crippen LogP) is 2.58. The molecule has 0 aliphatic carbocycles. The Kier molecular flexibility index (Phi) is 7.14. The Balaban J connectivity index is 2.03. The lowest BCUT2D eigenvalue weighted by molar-refractivity contribution is -0.124. The highest BCUT2D eigenvalue weighted by Gasteiger charge is 2.25. The van der Waals surface area contributed by atoms with Crippen molar-refractivity contribution in [1.29, 1.82) is 0 Å². The largest absolute Gasteiger partial charge is 0.444 e. The Morgan fingerprint density at radius 1 is 0.893 bits per heavy atom. The van der Waals surface area contributed by atoms with Crippen molar-refractivity contribution in [3.05, 3.63) is 71.8 Å². The number of carbonyl (C=O) groups is 3. The number of ether oxygens (including phenoxy) is 1. The van der Waals surface area contributed by atoms with Gasteiger partial charge in [0, 0.05) is 12.0 Å². The normalized spacial score (nSPS) is 11.8. The van der Waals surface area contributed by atoms with Crippen molar-refractivity contribution >= 4 is 17.9 Å². The van der Waals surface area contributed by atoms with E-state index in [4.69, 9.17) is 4.74 Å². The minimum atomic E-state index is -0.923. The Labute approximate surface area is 164 Å². The molecule has 148 valence electrons. The number of nitrogens with one attached hydrogen (secondary N) is 3. The lowest BCUT2D eigenvalue weighted by Gasteiger charge is -2.23. The van der Waals surface area contributed by atoms with Gasteiger partial charge in [-0.2, -0.15) is 0 Å². The van der Waals surface area contributed by atoms with E-state index in [1.54, 1.807) is 51.1 Å². The molecule has 0 aliphatic rings. The highest BCUT2D eigenvalue weighted by Crippen LogP contribution is 2.08. The molecule has 2 aromatic rings. The second-order valence-electron chi connectivity index (χ2n) is 7.20. The lowest BCUT2D eigenvalue weighted by atomic mass is 10.1. The summed E-state index contributed by atoms with van der Waals surface area (Å²) in [5.41, 5.74) is 5.28. The molecule has 0 fully saturated rings. The molecule has 0 spiro atoms. The fraction of sp³-hybridized carbons (Fsp3) is 0.286. The summed E-state index contributed by atoms with van der Waals surface area (Å²) in [7, 11) is 0. The summed E-state index contributed by atoms with van der Waals surface area (Å²) in [5, 5.41) is 2.56. The topological polar surface area (TPSA) is 96.5 Å². The average Bonchev–Trinajstić information content (AvgIpc) is 2.65. The van der Waals surface area contributed by atoms with Gasteiger partial charge >= 0.3 is 6.09 Å². The van der Waals surface area contributed by atoms with Crippen molar-refractivity contribution < 1.29 is 19.1 Å². The molecular formula is C21H25N3O4. The van der Waals surface area contributed by atoms with E-state index in [-0.39, 0.29) is 6.42 Å². The van der Waals surface area contributed by atoms with Gasteiger partial charge in [0.15, 0.2) is 0 Å². The summed E-state index contributed by atoms with van der Waals surface area (Å²) < 4.78 is 5.23. The first-order chi connectivity index (χ1) is 13.2. The van der Waals surface area contributed by atoms with E-state index < -0.39 is 29.6 Å². The summed E-state index contributed by atoms with van der Waals surface area (Å²) in [6, 6.07) is 16.8. The molecule has 7 nitrogen and oxygen atoms in total. The molecule has 7 heteroatoms. The average molecular weight is 383 g/mol. The Morgan fingerprint density at radius 2 is 1.46 bits per heavy atom. The number of hydrogen-bond donors (Lipinski definition) is 3. The number of carbonyl (C=O) groups excluding carboxylic acids is 3. The van der Waals surface area contributed by atoms with Gasteiger partial charge < -0.3 is 10.1 Å². The van der Waals surface area contributed by atoms with Crippen molar-refractivity contribution in [2.45, 2.75) is 38.8 Å².